The van der Waals surface area contributed by atoms with Crippen molar-refractivity contribution in [3.8, 4) is 0 Å². The molecule has 0 spiro atoms. The summed E-state index contributed by atoms with van der Waals surface area (Å²) < 4.78 is 1.40. The molecule has 0 saturated heterocycles. The predicted octanol–water partition coefficient (Wildman–Crippen LogP) is 3.57. The van der Waals surface area contributed by atoms with Crippen LogP contribution in [0.15, 0.2) is 0 Å². The Bertz CT molecular complexity index is 189. The quantitative estimate of drug-likeness (QED) is 0.299. The number of unbranched alkanes of at least 4 members (excludes halogenated alkanes) is 8. The van der Waals surface area contributed by atoms with E-state index in [1.165, 1.54) is 108 Å². The molecule has 0 aliphatic heterocycles. The predicted molar refractivity (Wildman–Crippen MR) is 97.8 cm³/mol. The zero-order valence-electron chi connectivity index (χ0n) is 16.1. The molecule has 0 atom stereocenters. The van der Waals surface area contributed by atoms with Gasteiger partial charge < -0.3 is 16.9 Å². The maximum absolute atomic E-state index is 2.36. The van der Waals surface area contributed by atoms with Crippen molar-refractivity contribution in [3.63, 3.8) is 0 Å². The Balaban J connectivity index is 0. The van der Waals surface area contributed by atoms with E-state index in [1.807, 2.05) is 0 Å². The highest BCUT2D eigenvalue weighted by atomic mass is 35.5. The van der Waals surface area contributed by atoms with Crippen molar-refractivity contribution >= 4 is 0 Å². The van der Waals surface area contributed by atoms with Gasteiger partial charge in [-0.1, -0.05) is 72.6 Å². The second kappa shape index (κ2) is 17.6. The van der Waals surface area contributed by atoms with Gasteiger partial charge in [-0.3, -0.25) is 0 Å². The van der Waals surface area contributed by atoms with Gasteiger partial charge in [0.15, 0.2) is 0 Å². The van der Waals surface area contributed by atoms with Gasteiger partial charge in [0.25, 0.3) is 0 Å². The summed E-state index contributed by atoms with van der Waals surface area (Å²) in [6.45, 7) is 15.0. The molecule has 0 amide bonds. The first-order valence-corrected chi connectivity index (χ1v) is 10.1. The zero-order chi connectivity index (χ0) is 15.8. The molecule has 2 heteroatoms. The molecule has 0 unspecified atom stereocenters. The van der Waals surface area contributed by atoms with Crippen LogP contribution in [0.25, 0.3) is 0 Å². The van der Waals surface area contributed by atoms with Crippen LogP contribution in [0.3, 0.4) is 0 Å². The summed E-state index contributed by atoms with van der Waals surface area (Å²) in [6.07, 6.45) is 17.1. The zero-order valence-corrected chi connectivity index (χ0v) is 16.9. The lowest BCUT2D eigenvalue weighted by atomic mass is 10.1. The molecule has 0 radical (unpaired) electrons. The summed E-state index contributed by atoms with van der Waals surface area (Å²) in [6, 6.07) is 0. The summed E-state index contributed by atoms with van der Waals surface area (Å²) in [7, 11) is 0. The van der Waals surface area contributed by atoms with Crippen molar-refractivity contribution in [3.05, 3.63) is 0 Å². The fourth-order valence-electron chi connectivity index (χ4n) is 3.85. The monoisotopic (exact) mass is 333 g/mol. The van der Waals surface area contributed by atoms with Crippen LogP contribution in [0.5, 0.6) is 0 Å². The van der Waals surface area contributed by atoms with Gasteiger partial charge in [0.1, 0.15) is 0 Å². The second-order valence-electron chi connectivity index (χ2n) is 7.06. The van der Waals surface area contributed by atoms with Gasteiger partial charge in [0.05, 0.1) is 26.2 Å². The molecule has 1 nitrogen and oxygen atoms in total. The van der Waals surface area contributed by atoms with E-state index in [4.69, 9.17) is 0 Å². The van der Waals surface area contributed by atoms with Crippen LogP contribution in [0, 0.1) is 0 Å². The van der Waals surface area contributed by atoms with Crippen molar-refractivity contribution in [2.45, 2.75) is 105 Å². The maximum atomic E-state index is 2.36. The minimum Gasteiger partial charge on any atom is -1.00 e. The lowest BCUT2D eigenvalue weighted by molar-refractivity contribution is -0.928. The second-order valence-corrected chi connectivity index (χ2v) is 7.06. The molecule has 0 aliphatic rings. The Morgan fingerprint density at radius 2 is 0.773 bits per heavy atom. The molecule has 0 aliphatic carbocycles. The van der Waals surface area contributed by atoms with E-state index in [-0.39, 0.29) is 12.4 Å². The average Bonchev–Trinajstić information content (AvgIpc) is 2.46. The highest BCUT2D eigenvalue weighted by Gasteiger charge is 2.23. The first kappa shape index (κ1) is 24.5. The molecule has 0 aromatic heterocycles. The van der Waals surface area contributed by atoms with Crippen LogP contribution < -0.4 is 12.4 Å². The molecule has 0 saturated carbocycles. The van der Waals surface area contributed by atoms with Crippen molar-refractivity contribution in [1.29, 1.82) is 0 Å². The third-order valence-electron chi connectivity index (χ3n) is 4.83. The molecule has 0 aromatic rings. The van der Waals surface area contributed by atoms with Crippen molar-refractivity contribution < 1.29 is 16.9 Å². The van der Waals surface area contributed by atoms with Gasteiger partial charge >= 0.3 is 0 Å². The molecule has 136 valence electrons. The Labute approximate surface area is 148 Å². The smallest absolute Gasteiger partial charge is 0.0786 e. The first-order chi connectivity index (χ1) is 10.2. The summed E-state index contributed by atoms with van der Waals surface area (Å²) in [5, 5.41) is 0. The van der Waals surface area contributed by atoms with Gasteiger partial charge in [-0.05, 0) is 32.1 Å². The van der Waals surface area contributed by atoms with E-state index >= 15 is 0 Å². The van der Waals surface area contributed by atoms with Crippen LogP contribution in [-0.4, -0.2) is 30.7 Å². The molecule has 0 N–H and O–H groups in total. The van der Waals surface area contributed by atoms with Crippen LogP contribution in [-0.2, 0) is 0 Å². The number of rotatable bonds is 16. The summed E-state index contributed by atoms with van der Waals surface area (Å²) in [5.74, 6) is 0. The first-order valence-electron chi connectivity index (χ1n) is 10.1. The Kier molecular flexibility index (Phi) is 19.6. The van der Waals surface area contributed by atoms with E-state index in [0.717, 1.165) is 0 Å². The summed E-state index contributed by atoms with van der Waals surface area (Å²) in [5.41, 5.74) is 0. The maximum Gasteiger partial charge on any atom is 0.0786 e. The molecular weight excluding hydrogens is 290 g/mol. The Hall–Kier alpha value is 0.250. The van der Waals surface area contributed by atoms with Crippen LogP contribution in [0.1, 0.15) is 105 Å². The normalized spacial score (nSPS) is 11.5. The fourth-order valence-corrected chi connectivity index (χ4v) is 3.85. The third kappa shape index (κ3) is 12.8. The van der Waals surface area contributed by atoms with Crippen LogP contribution >= 0.6 is 0 Å². The molecular formula is C20H44ClN. The Morgan fingerprint density at radius 1 is 0.409 bits per heavy atom. The topological polar surface area (TPSA) is 0 Å². The molecule has 0 aromatic carbocycles. The number of hydrogen-bond donors (Lipinski definition) is 0. The van der Waals surface area contributed by atoms with Gasteiger partial charge in [0.2, 0.25) is 0 Å². The number of quaternary nitrogens is 1. The van der Waals surface area contributed by atoms with Crippen LogP contribution in [0.4, 0.5) is 0 Å². The molecule has 0 rings (SSSR count). The third-order valence-corrected chi connectivity index (χ3v) is 4.83. The standard InChI is InChI=1S/C20H44N.ClH/c1-5-9-10-11-12-13-14-15-16-20-21(17-6-2,18-7-3)19-8-4;/h5-20H2,1-4H3;1H/q+1;/p-1. The molecule has 0 heterocycles. The van der Waals surface area contributed by atoms with E-state index in [1.54, 1.807) is 0 Å². The molecule has 0 fully saturated rings. The van der Waals surface area contributed by atoms with Gasteiger partial charge in [-0.2, -0.15) is 0 Å². The molecule has 22 heavy (non-hydrogen) atoms. The Morgan fingerprint density at radius 3 is 1.14 bits per heavy atom. The summed E-state index contributed by atoms with van der Waals surface area (Å²) in [4.78, 5) is 0. The number of nitrogens with zero attached hydrogens (tertiary/aromatic N) is 1. The van der Waals surface area contributed by atoms with E-state index in [9.17, 15) is 0 Å². The SMILES string of the molecule is CCCCCCCCCCC[N+](CCC)(CCC)CCC.[Cl-]. The van der Waals surface area contributed by atoms with Gasteiger partial charge in [0, 0.05) is 0 Å². The summed E-state index contributed by atoms with van der Waals surface area (Å²) >= 11 is 0. The average molecular weight is 334 g/mol. The van der Waals surface area contributed by atoms with Crippen LogP contribution in [0.2, 0.25) is 0 Å². The minimum absolute atomic E-state index is 0. The highest BCUT2D eigenvalue weighted by Crippen LogP contribution is 2.16. The van der Waals surface area contributed by atoms with Gasteiger partial charge in [-0.15, -0.1) is 0 Å². The van der Waals surface area contributed by atoms with E-state index < -0.39 is 0 Å². The van der Waals surface area contributed by atoms with Crippen molar-refractivity contribution in [2.75, 3.05) is 26.2 Å². The minimum atomic E-state index is 0. The molecule has 0 bridgehead atoms. The fraction of sp³-hybridized carbons (Fsp3) is 1.00. The van der Waals surface area contributed by atoms with Crippen molar-refractivity contribution in [2.24, 2.45) is 0 Å². The van der Waals surface area contributed by atoms with E-state index in [2.05, 4.69) is 27.7 Å². The highest BCUT2D eigenvalue weighted by molar-refractivity contribution is 4.50. The van der Waals surface area contributed by atoms with Crippen molar-refractivity contribution in [1.82, 2.24) is 0 Å². The lowest BCUT2D eigenvalue weighted by Crippen LogP contribution is -3.00. The largest absolute Gasteiger partial charge is 1.00 e. The number of halogens is 1. The van der Waals surface area contributed by atoms with E-state index in [0.29, 0.717) is 0 Å². The van der Waals surface area contributed by atoms with Gasteiger partial charge in [-0.25, -0.2) is 0 Å². The lowest BCUT2D eigenvalue weighted by Gasteiger charge is -2.38. The number of hydrogen-bond acceptors (Lipinski definition) is 0.